The fourth-order valence-electron chi connectivity index (χ4n) is 3.01. The number of carbonyl (C=O) groups is 2. The molecule has 0 spiro atoms. The summed E-state index contributed by atoms with van der Waals surface area (Å²) < 4.78 is 5.29. The highest BCUT2D eigenvalue weighted by molar-refractivity contribution is 5.97. The third-order valence-corrected chi connectivity index (χ3v) is 4.28. The molecule has 3 rings (SSSR count). The Balaban J connectivity index is 1.90. The summed E-state index contributed by atoms with van der Waals surface area (Å²) in [7, 11) is 0. The lowest BCUT2D eigenvalue weighted by Crippen LogP contribution is -2.31. The van der Waals surface area contributed by atoms with Gasteiger partial charge in [0.2, 0.25) is 0 Å². The molecule has 1 amide bonds. The molecule has 0 radical (unpaired) electrons. The number of rotatable bonds is 6. The van der Waals surface area contributed by atoms with Crippen molar-refractivity contribution >= 4 is 22.8 Å². The number of nitrogens with zero attached hydrogens (tertiary/aromatic N) is 1. The van der Waals surface area contributed by atoms with Crippen LogP contribution in [0.5, 0.6) is 0 Å². The first-order valence-electron chi connectivity index (χ1n) is 8.14. The van der Waals surface area contributed by atoms with Crippen molar-refractivity contribution in [2.75, 3.05) is 6.54 Å². The zero-order valence-corrected chi connectivity index (χ0v) is 14.2. The lowest BCUT2D eigenvalue weighted by Gasteiger charge is -2.21. The quantitative estimate of drug-likeness (QED) is 0.720. The van der Waals surface area contributed by atoms with Crippen LogP contribution in [0, 0.1) is 6.92 Å². The maximum Gasteiger partial charge on any atom is 0.311 e. The van der Waals surface area contributed by atoms with Gasteiger partial charge in [-0.1, -0.05) is 18.2 Å². The SMILES string of the molecule is CCN(Cc1c[nH]c2ccccc12)C(=O)c1c(C)coc1CC(=O)O. The minimum atomic E-state index is -1.02. The van der Waals surface area contributed by atoms with Crippen LogP contribution >= 0.6 is 0 Å². The van der Waals surface area contributed by atoms with E-state index in [1.165, 1.54) is 6.26 Å². The Kier molecular flexibility index (Phi) is 4.61. The van der Waals surface area contributed by atoms with Gasteiger partial charge in [-0.15, -0.1) is 0 Å². The van der Waals surface area contributed by atoms with Gasteiger partial charge in [0.05, 0.1) is 11.8 Å². The van der Waals surface area contributed by atoms with Crippen LogP contribution in [0.15, 0.2) is 41.1 Å². The normalized spacial score (nSPS) is 11.0. The lowest BCUT2D eigenvalue weighted by atomic mass is 10.1. The van der Waals surface area contributed by atoms with Crippen LogP contribution in [-0.2, 0) is 17.8 Å². The third-order valence-electron chi connectivity index (χ3n) is 4.28. The summed E-state index contributed by atoms with van der Waals surface area (Å²) in [4.78, 5) is 28.9. The van der Waals surface area contributed by atoms with Crippen LogP contribution < -0.4 is 0 Å². The van der Waals surface area contributed by atoms with E-state index in [-0.39, 0.29) is 18.1 Å². The molecule has 0 saturated heterocycles. The number of furan rings is 1. The smallest absolute Gasteiger partial charge is 0.311 e. The highest BCUT2D eigenvalue weighted by Gasteiger charge is 2.25. The second-order valence-electron chi connectivity index (χ2n) is 5.97. The van der Waals surface area contributed by atoms with Gasteiger partial charge in [0, 0.05) is 35.8 Å². The zero-order chi connectivity index (χ0) is 18.0. The molecular weight excluding hydrogens is 320 g/mol. The molecule has 6 nitrogen and oxygen atoms in total. The van der Waals surface area contributed by atoms with E-state index in [4.69, 9.17) is 9.52 Å². The number of aryl methyl sites for hydroxylation is 1. The van der Waals surface area contributed by atoms with Crippen LogP contribution in [0.3, 0.4) is 0 Å². The predicted octanol–water partition coefficient (Wildman–Crippen LogP) is 3.36. The average molecular weight is 340 g/mol. The van der Waals surface area contributed by atoms with Crippen molar-refractivity contribution in [3.63, 3.8) is 0 Å². The van der Waals surface area contributed by atoms with E-state index in [0.29, 0.717) is 24.2 Å². The van der Waals surface area contributed by atoms with E-state index in [9.17, 15) is 9.59 Å². The van der Waals surface area contributed by atoms with Crippen molar-refractivity contribution < 1.29 is 19.1 Å². The minimum absolute atomic E-state index is 0.201. The number of carbonyl (C=O) groups excluding carboxylic acids is 1. The number of aromatic amines is 1. The van der Waals surface area contributed by atoms with Gasteiger partial charge in [0.15, 0.2) is 0 Å². The number of para-hydroxylation sites is 1. The number of aromatic nitrogens is 1. The Bertz CT molecular complexity index is 923. The summed E-state index contributed by atoms with van der Waals surface area (Å²) in [5, 5.41) is 10.1. The molecule has 2 N–H and O–H groups in total. The number of carboxylic acids is 1. The van der Waals surface area contributed by atoms with Gasteiger partial charge in [0.1, 0.15) is 12.2 Å². The van der Waals surface area contributed by atoms with Gasteiger partial charge in [-0.3, -0.25) is 9.59 Å². The topological polar surface area (TPSA) is 86.5 Å². The highest BCUT2D eigenvalue weighted by atomic mass is 16.4. The first-order valence-corrected chi connectivity index (χ1v) is 8.14. The number of amides is 1. The van der Waals surface area contributed by atoms with Crippen LogP contribution in [0.2, 0.25) is 0 Å². The average Bonchev–Trinajstić information content (AvgIpc) is 3.15. The predicted molar refractivity (Wildman–Crippen MR) is 93.5 cm³/mol. The molecule has 0 aliphatic heterocycles. The molecule has 0 atom stereocenters. The zero-order valence-electron chi connectivity index (χ0n) is 14.2. The van der Waals surface area contributed by atoms with Crippen molar-refractivity contribution in [3.05, 3.63) is 59.2 Å². The van der Waals surface area contributed by atoms with Crippen molar-refractivity contribution in [1.82, 2.24) is 9.88 Å². The molecule has 0 unspecified atom stereocenters. The van der Waals surface area contributed by atoms with Crippen molar-refractivity contribution in [2.45, 2.75) is 26.8 Å². The standard InChI is InChI=1S/C19H20N2O4/c1-3-21(10-13-9-20-15-7-5-4-6-14(13)15)19(24)18-12(2)11-25-16(18)8-17(22)23/h4-7,9,11,20H,3,8,10H2,1-2H3,(H,22,23). The largest absolute Gasteiger partial charge is 0.481 e. The molecule has 6 heteroatoms. The third kappa shape index (κ3) is 3.28. The summed E-state index contributed by atoms with van der Waals surface area (Å²) in [6.45, 7) is 4.60. The lowest BCUT2D eigenvalue weighted by molar-refractivity contribution is -0.136. The first-order chi connectivity index (χ1) is 12.0. The highest BCUT2D eigenvalue weighted by Crippen LogP contribution is 2.23. The molecule has 0 aliphatic carbocycles. The van der Waals surface area contributed by atoms with E-state index in [1.807, 2.05) is 37.4 Å². The maximum atomic E-state index is 13.0. The molecule has 0 saturated carbocycles. The number of benzene rings is 1. The van der Waals surface area contributed by atoms with Gasteiger partial charge in [0.25, 0.3) is 5.91 Å². The summed E-state index contributed by atoms with van der Waals surface area (Å²) in [5.74, 6) is -1.04. The summed E-state index contributed by atoms with van der Waals surface area (Å²) in [6, 6.07) is 7.92. The second-order valence-corrected chi connectivity index (χ2v) is 5.97. The fourth-order valence-corrected chi connectivity index (χ4v) is 3.01. The van der Waals surface area contributed by atoms with Crippen molar-refractivity contribution in [3.8, 4) is 0 Å². The molecule has 3 aromatic rings. The number of aliphatic carboxylic acids is 1. The Morgan fingerprint density at radius 1 is 1.28 bits per heavy atom. The molecular formula is C19H20N2O4. The van der Waals surface area contributed by atoms with Crippen LogP contribution in [-0.4, -0.2) is 33.4 Å². The number of H-pyrrole nitrogens is 1. The van der Waals surface area contributed by atoms with E-state index >= 15 is 0 Å². The number of fused-ring (bicyclic) bond motifs is 1. The molecule has 2 heterocycles. The van der Waals surface area contributed by atoms with Gasteiger partial charge < -0.3 is 19.4 Å². The van der Waals surface area contributed by atoms with Gasteiger partial charge in [-0.2, -0.15) is 0 Å². The van der Waals surface area contributed by atoms with Crippen LogP contribution in [0.25, 0.3) is 10.9 Å². The van der Waals surface area contributed by atoms with Crippen LogP contribution in [0.4, 0.5) is 0 Å². The minimum Gasteiger partial charge on any atom is -0.481 e. The molecule has 1 aromatic carbocycles. The number of hydrogen-bond acceptors (Lipinski definition) is 3. The monoisotopic (exact) mass is 340 g/mol. The fraction of sp³-hybridized carbons (Fsp3) is 0.263. The summed E-state index contributed by atoms with van der Waals surface area (Å²) >= 11 is 0. The number of hydrogen-bond donors (Lipinski definition) is 2. The number of nitrogens with one attached hydrogen (secondary N) is 1. The van der Waals surface area contributed by atoms with E-state index in [1.54, 1.807) is 11.8 Å². The van der Waals surface area contributed by atoms with E-state index < -0.39 is 5.97 Å². The van der Waals surface area contributed by atoms with Crippen LogP contribution in [0.1, 0.15) is 34.2 Å². The Labute approximate surface area is 145 Å². The maximum absolute atomic E-state index is 13.0. The van der Waals surface area contributed by atoms with Crippen molar-refractivity contribution in [1.29, 1.82) is 0 Å². The molecule has 0 fully saturated rings. The molecule has 2 aromatic heterocycles. The Morgan fingerprint density at radius 2 is 2.04 bits per heavy atom. The number of carboxylic acid groups (broad SMARTS) is 1. The molecule has 0 bridgehead atoms. The second kappa shape index (κ2) is 6.84. The van der Waals surface area contributed by atoms with Gasteiger partial charge >= 0.3 is 5.97 Å². The van der Waals surface area contributed by atoms with E-state index in [2.05, 4.69) is 4.98 Å². The van der Waals surface area contributed by atoms with E-state index in [0.717, 1.165) is 16.5 Å². The molecule has 130 valence electrons. The molecule has 25 heavy (non-hydrogen) atoms. The first kappa shape index (κ1) is 16.8. The van der Waals surface area contributed by atoms with Gasteiger partial charge in [-0.25, -0.2) is 0 Å². The molecule has 0 aliphatic rings. The van der Waals surface area contributed by atoms with Gasteiger partial charge in [-0.05, 0) is 25.5 Å². The Morgan fingerprint density at radius 3 is 2.76 bits per heavy atom. The van der Waals surface area contributed by atoms with Crippen molar-refractivity contribution in [2.24, 2.45) is 0 Å². The summed E-state index contributed by atoms with van der Waals surface area (Å²) in [6.07, 6.45) is 3.03. The Hall–Kier alpha value is -3.02. The summed E-state index contributed by atoms with van der Waals surface area (Å²) in [5.41, 5.74) is 3.04.